The lowest BCUT2D eigenvalue weighted by Gasteiger charge is -2.25. The van der Waals surface area contributed by atoms with E-state index in [9.17, 15) is 29.1 Å². The fourth-order valence-electron chi connectivity index (χ4n) is 3.53. The van der Waals surface area contributed by atoms with Crippen molar-refractivity contribution in [1.29, 1.82) is 0 Å². The van der Waals surface area contributed by atoms with E-state index in [4.69, 9.17) is 10.8 Å². The topological polar surface area (TPSA) is 200 Å². The number of benzene rings is 1. The summed E-state index contributed by atoms with van der Waals surface area (Å²) in [4.78, 5) is 60.9. The first-order valence-electron chi connectivity index (χ1n) is 11.0. The lowest BCUT2D eigenvalue weighted by atomic mass is 10.0. The quantitative estimate of drug-likeness (QED) is 0.166. The molecule has 1 saturated heterocycles. The Bertz CT molecular complexity index is 874. The van der Waals surface area contributed by atoms with Gasteiger partial charge < -0.3 is 37.2 Å². The molecule has 34 heavy (non-hydrogen) atoms. The summed E-state index contributed by atoms with van der Waals surface area (Å²) in [7, 11) is 0. The molecule has 1 aliphatic rings. The molecule has 1 aliphatic heterocycles. The number of nitrogens with one attached hydrogen (secondary N) is 4. The fourth-order valence-corrected chi connectivity index (χ4v) is 3.53. The number of amides is 4. The predicted octanol–water partition coefficient (Wildman–Crippen LogP) is -2.22. The maximum atomic E-state index is 13.1. The van der Waals surface area contributed by atoms with Gasteiger partial charge in [0.15, 0.2) is 0 Å². The van der Waals surface area contributed by atoms with Gasteiger partial charge in [-0.2, -0.15) is 0 Å². The number of hydrogen-bond acceptors (Lipinski definition) is 7. The molecule has 4 atom stereocenters. The van der Waals surface area contributed by atoms with Crippen LogP contribution in [0.4, 0.5) is 0 Å². The molecule has 0 aliphatic carbocycles. The Morgan fingerprint density at radius 3 is 2.21 bits per heavy atom. The molecule has 12 nitrogen and oxygen atoms in total. The number of rotatable bonds is 13. The molecule has 1 aromatic rings. The Balaban J connectivity index is 2.18. The number of nitrogens with two attached hydrogens (primary N) is 1. The minimum absolute atomic E-state index is 0.0247. The van der Waals surface area contributed by atoms with E-state index in [-0.39, 0.29) is 19.3 Å². The third-order valence-electron chi connectivity index (χ3n) is 5.40. The molecule has 4 amide bonds. The molecule has 186 valence electrons. The maximum absolute atomic E-state index is 13.1. The second kappa shape index (κ2) is 13.3. The molecule has 12 heteroatoms. The van der Waals surface area contributed by atoms with Crippen molar-refractivity contribution in [3.05, 3.63) is 35.9 Å². The fraction of sp³-hybridized carbons (Fsp3) is 0.500. The Labute approximate surface area is 196 Å². The molecule has 8 N–H and O–H groups in total. The van der Waals surface area contributed by atoms with Crippen LogP contribution in [0.25, 0.3) is 0 Å². The van der Waals surface area contributed by atoms with Crippen molar-refractivity contribution in [2.24, 2.45) is 5.73 Å². The summed E-state index contributed by atoms with van der Waals surface area (Å²) in [5.74, 6) is -4.04. The van der Waals surface area contributed by atoms with E-state index in [0.29, 0.717) is 18.5 Å². The lowest BCUT2D eigenvalue weighted by Crippen LogP contribution is -2.58. The van der Waals surface area contributed by atoms with Crippen LogP contribution < -0.4 is 27.0 Å². The summed E-state index contributed by atoms with van der Waals surface area (Å²) in [6.45, 7) is -0.163. The molecule has 0 spiro atoms. The molecule has 0 radical (unpaired) electrons. The first kappa shape index (κ1) is 26.7. The Kier molecular flexibility index (Phi) is 10.4. The maximum Gasteiger partial charge on any atom is 0.328 e. The smallest absolute Gasteiger partial charge is 0.328 e. The predicted molar refractivity (Wildman–Crippen MR) is 120 cm³/mol. The summed E-state index contributed by atoms with van der Waals surface area (Å²) in [5.41, 5.74) is 5.89. The van der Waals surface area contributed by atoms with Crippen LogP contribution in [0.15, 0.2) is 30.3 Å². The van der Waals surface area contributed by atoms with Crippen molar-refractivity contribution in [3.8, 4) is 0 Å². The number of aliphatic carboxylic acids is 1. The first-order chi connectivity index (χ1) is 16.2. The molecule has 1 aromatic carbocycles. The van der Waals surface area contributed by atoms with Crippen molar-refractivity contribution in [3.63, 3.8) is 0 Å². The Hall–Kier alpha value is -3.51. The largest absolute Gasteiger partial charge is 0.480 e. The monoisotopic (exact) mass is 477 g/mol. The second-order valence-electron chi connectivity index (χ2n) is 8.05. The van der Waals surface area contributed by atoms with Crippen LogP contribution in [-0.2, 0) is 30.4 Å². The highest BCUT2D eigenvalue weighted by Crippen LogP contribution is 2.08. The minimum Gasteiger partial charge on any atom is -0.480 e. The molecule has 1 heterocycles. The molecule has 1 fully saturated rings. The van der Waals surface area contributed by atoms with Gasteiger partial charge in [-0.1, -0.05) is 30.3 Å². The van der Waals surface area contributed by atoms with Gasteiger partial charge in [-0.3, -0.25) is 19.2 Å². The minimum atomic E-state index is -1.55. The zero-order valence-corrected chi connectivity index (χ0v) is 18.7. The third kappa shape index (κ3) is 8.45. The van der Waals surface area contributed by atoms with Crippen LogP contribution in [-0.4, -0.2) is 77.1 Å². The number of carboxylic acid groups (broad SMARTS) is 1. The highest BCUT2D eigenvalue weighted by atomic mass is 16.4. The van der Waals surface area contributed by atoms with E-state index in [1.165, 1.54) is 0 Å². The van der Waals surface area contributed by atoms with Gasteiger partial charge in [0.25, 0.3) is 0 Å². The van der Waals surface area contributed by atoms with Crippen molar-refractivity contribution < 1.29 is 34.2 Å². The van der Waals surface area contributed by atoms with Gasteiger partial charge >= 0.3 is 5.97 Å². The summed E-state index contributed by atoms with van der Waals surface area (Å²) in [5, 5.41) is 28.7. The van der Waals surface area contributed by atoms with Gasteiger partial charge in [-0.15, -0.1) is 0 Å². The number of carboxylic acids is 1. The molecule has 2 rings (SSSR count). The van der Waals surface area contributed by atoms with E-state index in [1.54, 1.807) is 30.3 Å². The van der Waals surface area contributed by atoms with Crippen molar-refractivity contribution in [1.82, 2.24) is 21.3 Å². The van der Waals surface area contributed by atoms with Crippen LogP contribution in [0.5, 0.6) is 0 Å². The molecule has 4 unspecified atom stereocenters. The van der Waals surface area contributed by atoms with E-state index in [0.717, 1.165) is 6.42 Å². The number of hydrogen-bond donors (Lipinski definition) is 7. The van der Waals surface area contributed by atoms with Gasteiger partial charge in [0.05, 0.1) is 12.6 Å². The van der Waals surface area contributed by atoms with Crippen LogP contribution >= 0.6 is 0 Å². The van der Waals surface area contributed by atoms with Crippen molar-refractivity contribution in [2.45, 2.75) is 56.3 Å². The second-order valence-corrected chi connectivity index (χ2v) is 8.05. The number of carbonyl (C=O) groups is 5. The summed E-state index contributed by atoms with van der Waals surface area (Å²) < 4.78 is 0. The van der Waals surface area contributed by atoms with Crippen LogP contribution in [0.2, 0.25) is 0 Å². The standard InChI is InChI=1S/C22H31N5O7/c23-18(29)9-8-15(25-19(30)14-7-4-10-24-14)20(31)26-16(11-13-5-2-1-3-6-13)21(32)27-17(12-28)22(33)34/h1-3,5-6,14-17,24,28H,4,7-12H2,(H2,23,29)(H,25,30)(H,26,31)(H,27,32)(H,33,34). The van der Waals surface area contributed by atoms with E-state index >= 15 is 0 Å². The molecular formula is C22H31N5O7. The van der Waals surface area contributed by atoms with Crippen LogP contribution in [0.3, 0.4) is 0 Å². The summed E-state index contributed by atoms with van der Waals surface area (Å²) >= 11 is 0. The van der Waals surface area contributed by atoms with E-state index in [2.05, 4.69) is 21.3 Å². The normalized spacial score (nSPS) is 17.7. The van der Waals surface area contributed by atoms with Crippen LogP contribution in [0.1, 0.15) is 31.2 Å². The molecule has 0 bridgehead atoms. The van der Waals surface area contributed by atoms with Gasteiger partial charge in [0.2, 0.25) is 23.6 Å². The van der Waals surface area contributed by atoms with Gasteiger partial charge in [0, 0.05) is 12.8 Å². The van der Waals surface area contributed by atoms with Gasteiger partial charge in [-0.05, 0) is 31.4 Å². The number of primary amides is 1. The third-order valence-corrected chi connectivity index (χ3v) is 5.40. The number of aliphatic hydroxyl groups excluding tert-OH is 1. The van der Waals surface area contributed by atoms with E-state index in [1.807, 2.05) is 0 Å². The lowest BCUT2D eigenvalue weighted by molar-refractivity contribution is -0.143. The van der Waals surface area contributed by atoms with E-state index < -0.39 is 60.4 Å². The van der Waals surface area contributed by atoms with Crippen molar-refractivity contribution >= 4 is 29.6 Å². The molecule has 0 saturated carbocycles. The number of aliphatic hydroxyl groups is 1. The zero-order valence-electron chi connectivity index (χ0n) is 18.7. The van der Waals surface area contributed by atoms with Gasteiger partial charge in [-0.25, -0.2) is 4.79 Å². The Morgan fingerprint density at radius 1 is 1.00 bits per heavy atom. The highest BCUT2D eigenvalue weighted by Gasteiger charge is 2.31. The first-order valence-corrected chi connectivity index (χ1v) is 11.0. The Morgan fingerprint density at radius 2 is 1.65 bits per heavy atom. The van der Waals surface area contributed by atoms with Gasteiger partial charge in [0.1, 0.15) is 18.1 Å². The molecule has 0 aromatic heterocycles. The zero-order chi connectivity index (χ0) is 25.1. The van der Waals surface area contributed by atoms with Crippen molar-refractivity contribution in [2.75, 3.05) is 13.2 Å². The summed E-state index contributed by atoms with van der Waals surface area (Å²) in [6.07, 6.45) is 1.19. The number of carbonyl (C=O) groups excluding carboxylic acids is 4. The summed E-state index contributed by atoms with van der Waals surface area (Å²) in [6, 6.07) is 4.35. The SMILES string of the molecule is NC(=O)CCC(NC(=O)C1CCCN1)C(=O)NC(Cc1ccccc1)C(=O)NC(CO)C(=O)O. The van der Waals surface area contributed by atoms with Crippen LogP contribution in [0, 0.1) is 0 Å². The average Bonchev–Trinajstić information content (AvgIpc) is 3.35. The highest BCUT2D eigenvalue weighted by molar-refractivity contribution is 5.94. The average molecular weight is 478 g/mol. The molecular weight excluding hydrogens is 446 g/mol.